The minimum atomic E-state index is 0.560. The van der Waals surface area contributed by atoms with Crippen molar-refractivity contribution in [3.05, 3.63) is 60.4 Å². The van der Waals surface area contributed by atoms with E-state index in [9.17, 15) is 0 Å². The van der Waals surface area contributed by atoms with E-state index in [1.807, 2.05) is 42.5 Å². The number of nitrogens with two attached hydrogens (primary N) is 1. The first-order valence-corrected chi connectivity index (χ1v) is 4.78. The Bertz CT molecular complexity index is 429. The first-order valence-electron chi connectivity index (χ1n) is 4.78. The second-order valence-electron chi connectivity index (χ2n) is 3.26. The number of pyridine rings is 1. The Morgan fingerprint density at radius 1 is 1.07 bits per heavy atom. The number of nitrogens with zero attached hydrogens (tertiary/aromatic N) is 1. The van der Waals surface area contributed by atoms with Gasteiger partial charge in [0.15, 0.2) is 11.9 Å². The summed E-state index contributed by atoms with van der Waals surface area (Å²) in [4.78, 5) is 0. The predicted molar refractivity (Wildman–Crippen MR) is 57.6 cm³/mol. The van der Waals surface area contributed by atoms with E-state index in [4.69, 9.17) is 10.6 Å². The minimum absolute atomic E-state index is 0.560. The van der Waals surface area contributed by atoms with Crippen LogP contribution in [0.25, 0.3) is 0 Å². The van der Waals surface area contributed by atoms with Gasteiger partial charge in [-0.2, -0.15) is 0 Å². The summed E-state index contributed by atoms with van der Waals surface area (Å²) in [5.74, 6) is 6.33. The lowest BCUT2D eigenvalue weighted by atomic mass is 10.2. The Morgan fingerprint density at radius 3 is 2.60 bits per heavy atom. The fraction of sp³-hybridized carbons (Fsp3) is 0.0833. The molecule has 0 aliphatic carbocycles. The van der Waals surface area contributed by atoms with Gasteiger partial charge in [-0.25, -0.2) is 5.84 Å². The molecule has 0 fully saturated rings. The van der Waals surface area contributed by atoms with Crippen LogP contribution in [-0.2, 0) is 6.61 Å². The maximum Gasteiger partial charge on any atom is 0.240 e. The van der Waals surface area contributed by atoms with E-state index in [-0.39, 0.29) is 0 Å². The van der Waals surface area contributed by atoms with Gasteiger partial charge in [0.2, 0.25) is 6.20 Å². The van der Waals surface area contributed by atoms with Crippen LogP contribution < -0.4 is 15.3 Å². The van der Waals surface area contributed by atoms with Crippen LogP contribution in [0, 0.1) is 0 Å². The average Bonchev–Trinajstić information content (AvgIpc) is 2.28. The van der Waals surface area contributed by atoms with Crippen molar-refractivity contribution in [2.45, 2.75) is 6.61 Å². The molecule has 2 aromatic rings. The smallest absolute Gasteiger partial charge is 0.240 e. The molecule has 1 aromatic carbocycles. The van der Waals surface area contributed by atoms with E-state index in [0.717, 1.165) is 11.3 Å². The number of benzene rings is 1. The second kappa shape index (κ2) is 4.46. The van der Waals surface area contributed by atoms with Crippen molar-refractivity contribution in [3.8, 4) is 5.75 Å². The number of nitrogen functional groups attached to an aromatic ring is 1. The number of rotatable bonds is 3. The quantitative estimate of drug-likeness (QED) is 0.600. The zero-order chi connectivity index (χ0) is 10.5. The maximum absolute atomic E-state index is 5.57. The van der Waals surface area contributed by atoms with Crippen LogP contribution in [0.4, 0.5) is 0 Å². The van der Waals surface area contributed by atoms with Crippen LogP contribution in [0.3, 0.4) is 0 Å². The lowest BCUT2D eigenvalue weighted by Crippen LogP contribution is -2.43. The molecule has 0 spiro atoms. The maximum atomic E-state index is 5.57. The summed E-state index contributed by atoms with van der Waals surface area (Å²) in [6.45, 7) is 0.560. The molecule has 0 atom stereocenters. The summed E-state index contributed by atoms with van der Waals surface area (Å²) >= 11 is 0. The average molecular weight is 201 g/mol. The monoisotopic (exact) mass is 201 g/mol. The lowest BCUT2D eigenvalue weighted by molar-refractivity contribution is -0.639. The van der Waals surface area contributed by atoms with Crippen molar-refractivity contribution in [2.24, 2.45) is 0 Å². The summed E-state index contributed by atoms with van der Waals surface area (Å²) in [6, 6.07) is 13.8. The third kappa shape index (κ3) is 2.71. The number of ether oxygens (including phenoxy) is 1. The number of hydrogen-bond donors (Lipinski definition) is 1. The Morgan fingerprint density at radius 2 is 1.87 bits per heavy atom. The molecule has 15 heavy (non-hydrogen) atoms. The van der Waals surface area contributed by atoms with Gasteiger partial charge in [0.1, 0.15) is 6.61 Å². The van der Waals surface area contributed by atoms with Crippen LogP contribution >= 0.6 is 0 Å². The Labute approximate surface area is 88.7 Å². The molecule has 3 heteroatoms. The Balaban J connectivity index is 1.99. The molecule has 0 saturated heterocycles. The SMILES string of the molecule is N[n+]1cccc(OCc2ccccc2)c1. The van der Waals surface area contributed by atoms with Gasteiger partial charge in [-0.05, 0) is 11.6 Å². The van der Waals surface area contributed by atoms with E-state index >= 15 is 0 Å². The second-order valence-corrected chi connectivity index (χ2v) is 3.26. The van der Waals surface area contributed by atoms with Crippen molar-refractivity contribution < 1.29 is 9.41 Å². The predicted octanol–water partition coefficient (Wildman–Crippen LogP) is 1.27. The molecule has 2 N–H and O–H groups in total. The highest BCUT2D eigenvalue weighted by Crippen LogP contribution is 2.08. The fourth-order valence-electron chi connectivity index (χ4n) is 1.30. The molecule has 3 nitrogen and oxygen atoms in total. The normalized spacial score (nSPS) is 9.87. The van der Waals surface area contributed by atoms with Crippen LogP contribution in [0.5, 0.6) is 5.75 Å². The molecule has 2 rings (SSSR count). The standard InChI is InChI=1S/C12H13N2O/c13-14-8-4-7-12(9-14)15-10-11-5-2-1-3-6-11/h1-9H,10,13H2/q+1. The summed E-state index contributed by atoms with van der Waals surface area (Å²) in [5.41, 5.74) is 1.14. The van der Waals surface area contributed by atoms with E-state index in [1.165, 1.54) is 4.68 Å². The Kier molecular flexibility index (Phi) is 2.83. The third-order valence-electron chi connectivity index (χ3n) is 2.04. The molecule has 0 aliphatic rings. The molecule has 0 saturated carbocycles. The van der Waals surface area contributed by atoms with E-state index in [2.05, 4.69) is 0 Å². The van der Waals surface area contributed by atoms with Crippen LogP contribution in [0.15, 0.2) is 54.9 Å². The third-order valence-corrected chi connectivity index (χ3v) is 2.04. The topological polar surface area (TPSA) is 39.1 Å². The van der Waals surface area contributed by atoms with Gasteiger partial charge >= 0.3 is 0 Å². The Hall–Kier alpha value is -2.03. The number of aromatic nitrogens is 1. The van der Waals surface area contributed by atoms with Gasteiger partial charge in [0.25, 0.3) is 0 Å². The van der Waals surface area contributed by atoms with E-state index in [0.29, 0.717) is 6.61 Å². The van der Waals surface area contributed by atoms with Gasteiger partial charge in [-0.15, -0.1) is 0 Å². The summed E-state index contributed by atoms with van der Waals surface area (Å²) in [5, 5.41) is 0. The van der Waals surface area contributed by atoms with Gasteiger partial charge < -0.3 is 4.74 Å². The van der Waals surface area contributed by atoms with Gasteiger partial charge in [0.05, 0.1) is 0 Å². The highest BCUT2D eigenvalue weighted by molar-refractivity contribution is 5.17. The zero-order valence-corrected chi connectivity index (χ0v) is 8.34. The molecular weight excluding hydrogens is 188 g/mol. The van der Waals surface area contributed by atoms with Crippen molar-refractivity contribution in [1.29, 1.82) is 0 Å². The highest BCUT2D eigenvalue weighted by atomic mass is 16.5. The molecule has 0 radical (unpaired) electrons. The fourth-order valence-corrected chi connectivity index (χ4v) is 1.30. The molecule has 76 valence electrons. The van der Waals surface area contributed by atoms with Gasteiger partial charge in [-0.3, -0.25) is 0 Å². The largest absolute Gasteiger partial charge is 0.483 e. The molecular formula is C12H13N2O+. The molecule has 0 aliphatic heterocycles. The van der Waals surface area contributed by atoms with Crippen molar-refractivity contribution in [3.63, 3.8) is 0 Å². The minimum Gasteiger partial charge on any atom is -0.483 e. The molecule has 0 amide bonds. The molecule has 1 heterocycles. The first kappa shape index (κ1) is 9.52. The molecule has 0 bridgehead atoms. The molecule has 1 aromatic heterocycles. The van der Waals surface area contributed by atoms with E-state index < -0.39 is 0 Å². The first-order chi connectivity index (χ1) is 7.34. The summed E-state index contributed by atoms with van der Waals surface area (Å²) in [6.07, 6.45) is 3.50. The van der Waals surface area contributed by atoms with E-state index in [1.54, 1.807) is 12.4 Å². The van der Waals surface area contributed by atoms with Crippen LogP contribution in [0.2, 0.25) is 0 Å². The van der Waals surface area contributed by atoms with Crippen molar-refractivity contribution in [2.75, 3.05) is 5.84 Å². The lowest BCUT2D eigenvalue weighted by Gasteiger charge is -2.03. The van der Waals surface area contributed by atoms with Crippen molar-refractivity contribution >= 4 is 0 Å². The summed E-state index contributed by atoms with van der Waals surface area (Å²) in [7, 11) is 0. The van der Waals surface area contributed by atoms with Gasteiger partial charge in [-0.1, -0.05) is 35.0 Å². The van der Waals surface area contributed by atoms with Gasteiger partial charge in [0, 0.05) is 6.07 Å². The zero-order valence-electron chi connectivity index (χ0n) is 8.34. The van der Waals surface area contributed by atoms with Crippen LogP contribution in [0.1, 0.15) is 5.56 Å². The summed E-state index contributed by atoms with van der Waals surface area (Å²) < 4.78 is 7.04. The van der Waals surface area contributed by atoms with Crippen LogP contribution in [-0.4, -0.2) is 0 Å². The van der Waals surface area contributed by atoms with Crippen molar-refractivity contribution in [1.82, 2.24) is 0 Å². The molecule has 0 unspecified atom stereocenters. The number of hydrogen-bond acceptors (Lipinski definition) is 2. The highest BCUT2D eigenvalue weighted by Gasteiger charge is 1.99.